The Labute approximate surface area is 204 Å². The monoisotopic (exact) mass is 479 g/mol. The highest BCUT2D eigenvalue weighted by Crippen LogP contribution is 2.29. The highest BCUT2D eigenvalue weighted by molar-refractivity contribution is 7.80. The fraction of sp³-hybridized carbons (Fsp3) is 0.640. The van der Waals surface area contributed by atoms with Crippen molar-refractivity contribution in [1.82, 2.24) is 15.5 Å². The Bertz CT molecular complexity index is 830. The number of rotatable bonds is 8. The van der Waals surface area contributed by atoms with Gasteiger partial charge < -0.3 is 20.3 Å². The average Bonchev–Trinajstić information content (AvgIpc) is 2.67. The molecule has 1 aromatic rings. The highest BCUT2D eigenvalue weighted by atomic mass is 32.1. The standard InChI is InChI=1S/C25H41N3O4S/c1-10-17(3)28(22(30)19(15-33)26-23(31)32-25(7,8)9)20(21(29)27-24(4,5)6)18-14-12-11-13-16(18)2/h11-14,17,19-20,33H,10,15H2,1-9H3,(H,26,31)(H,27,29). The second kappa shape index (κ2) is 11.8. The largest absolute Gasteiger partial charge is 0.444 e. The molecule has 0 saturated heterocycles. The zero-order chi connectivity index (χ0) is 25.6. The van der Waals surface area contributed by atoms with Gasteiger partial charge in [0.15, 0.2) is 0 Å². The fourth-order valence-corrected chi connectivity index (χ4v) is 3.61. The zero-order valence-electron chi connectivity index (χ0n) is 21.5. The molecule has 0 aliphatic rings. The van der Waals surface area contributed by atoms with Crippen LogP contribution in [-0.2, 0) is 14.3 Å². The fourth-order valence-electron chi connectivity index (χ4n) is 3.36. The number of carbonyl (C=O) groups excluding carboxylic acids is 3. The molecule has 0 aliphatic carbocycles. The van der Waals surface area contributed by atoms with Gasteiger partial charge in [0.25, 0.3) is 0 Å². The van der Waals surface area contributed by atoms with Crippen LogP contribution in [0.3, 0.4) is 0 Å². The van der Waals surface area contributed by atoms with Gasteiger partial charge in [-0.2, -0.15) is 12.6 Å². The second-order valence-electron chi connectivity index (χ2n) is 10.4. The third kappa shape index (κ3) is 8.91. The van der Waals surface area contributed by atoms with Gasteiger partial charge in [-0.05, 0) is 72.9 Å². The molecule has 8 heteroatoms. The third-order valence-corrected chi connectivity index (χ3v) is 5.36. The summed E-state index contributed by atoms with van der Waals surface area (Å²) < 4.78 is 5.33. The molecular formula is C25H41N3O4S. The van der Waals surface area contributed by atoms with Crippen molar-refractivity contribution in [2.45, 2.75) is 98.0 Å². The SMILES string of the molecule is CCC(C)N(C(=O)C(CS)NC(=O)OC(C)(C)C)C(C(=O)NC(C)(C)C)c1ccccc1C. The lowest BCUT2D eigenvalue weighted by Crippen LogP contribution is -2.57. The van der Waals surface area contributed by atoms with Crippen molar-refractivity contribution in [2.24, 2.45) is 0 Å². The molecule has 3 unspecified atom stereocenters. The van der Waals surface area contributed by atoms with Gasteiger partial charge in [0.05, 0.1) is 0 Å². The van der Waals surface area contributed by atoms with Crippen LogP contribution < -0.4 is 10.6 Å². The van der Waals surface area contributed by atoms with E-state index in [1.165, 1.54) is 0 Å². The molecule has 0 aromatic heterocycles. The maximum absolute atomic E-state index is 13.8. The van der Waals surface area contributed by atoms with Crippen LogP contribution in [0, 0.1) is 6.92 Å². The van der Waals surface area contributed by atoms with Crippen molar-refractivity contribution in [3.63, 3.8) is 0 Å². The van der Waals surface area contributed by atoms with Crippen molar-refractivity contribution in [1.29, 1.82) is 0 Å². The summed E-state index contributed by atoms with van der Waals surface area (Å²) in [5.74, 6) is -0.602. The van der Waals surface area contributed by atoms with E-state index in [1.54, 1.807) is 25.7 Å². The van der Waals surface area contributed by atoms with Gasteiger partial charge in [-0.25, -0.2) is 4.79 Å². The summed E-state index contributed by atoms with van der Waals surface area (Å²) in [6.45, 7) is 16.7. The summed E-state index contributed by atoms with van der Waals surface area (Å²) in [5, 5.41) is 5.65. The first-order valence-electron chi connectivity index (χ1n) is 11.4. The summed E-state index contributed by atoms with van der Waals surface area (Å²) in [6, 6.07) is 5.45. The lowest BCUT2D eigenvalue weighted by Gasteiger charge is -2.39. The first kappa shape index (κ1) is 28.8. The minimum atomic E-state index is -0.953. The van der Waals surface area contributed by atoms with Crippen molar-refractivity contribution < 1.29 is 19.1 Å². The number of thiol groups is 1. The molecule has 0 saturated carbocycles. The van der Waals surface area contributed by atoms with Crippen molar-refractivity contribution in [3.8, 4) is 0 Å². The van der Waals surface area contributed by atoms with Crippen LogP contribution in [0.2, 0.25) is 0 Å². The van der Waals surface area contributed by atoms with Gasteiger partial charge in [0, 0.05) is 17.3 Å². The smallest absolute Gasteiger partial charge is 0.408 e. The quantitative estimate of drug-likeness (QED) is 0.482. The number of hydrogen-bond acceptors (Lipinski definition) is 5. The summed E-state index contributed by atoms with van der Waals surface area (Å²) in [7, 11) is 0. The molecule has 1 aromatic carbocycles. The molecule has 0 heterocycles. The maximum Gasteiger partial charge on any atom is 0.408 e. The summed E-state index contributed by atoms with van der Waals surface area (Å²) >= 11 is 4.31. The van der Waals surface area contributed by atoms with Crippen LogP contribution in [0.15, 0.2) is 24.3 Å². The van der Waals surface area contributed by atoms with Crippen LogP contribution in [0.25, 0.3) is 0 Å². The molecular weight excluding hydrogens is 438 g/mol. The third-order valence-electron chi connectivity index (χ3n) is 5.00. The normalized spacial score (nSPS) is 14.6. The number of alkyl carbamates (subject to hydrolysis) is 1. The van der Waals surface area contributed by atoms with E-state index in [-0.39, 0.29) is 23.6 Å². The van der Waals surface area contributed by atoms with Crippen LogP contribution in [0.5, 0.6) is 0 Å². The number of ether oxygens (including phenoxy) is 1. The molecule has 0 bridgehead atoms. The average molecular weight is 480 g/mol. The van der Waals surface area contributed by atoms with Gasteiger partial charge >= 0.3 is 6.09 Å². The molecule has 0 fully saturated rings. The molecule has 186 valence electrons. The maximum atomic E-state index is 13.8. The Balaban J connectivity index is 3.48. The molecule has 0 aliphatic heterocycles. The Morgan fingerprint density at radius 3 is 2.12 bits per heavy atom. The predicted octanol–water partition coefficient (Wildman–Crippen LogP) is 4.40. The number of aryl methyl sites for hydroxylation is 1. The van der Waals surface area contributed by atoms with Gasteiger partial charge in [-0.15, -0.1) is 0 Å². The highest BCUT2D eigenvalue weighted by Gasteiger charge is 2.39. The molecule has 2 N–H and O–H groups in total. The van der Waals surface area contributed by atoms with E-state index in [1.807, 2.05) is 65.8 Å². The van der Waals surface area contributed by atoms with E-state index in [0.717, 1.165) is 11.1 Å². The van der Waals surface area contributed by atoms with Crippen LogP contribution in [0.1, 0.15) is 79.0 Å². The number of nitrogens with one attached hydrogen (secondary N) is 2. The van der Waals surface area contributed by atoms with Crippen molar-refractivity contribution >= 4 is 30.5 Å². The second-order valence-corrected chi connectivity index (χ2v) is 10.7. The molecule has 3 atom stereocenters. The molecule has 0 spiro atoms. The van der Waals surface area contributed by atoms with Gasteiger partial charge in [0.2, 0.25) is 11.8 Å². The minimum absolute atomic E-state index is 0.0619. The van der Waals surface area contributed by atoms with E-state index in [2.05, 4.69) is 23.3 Å². The van der Waals surface area contributed by atoms with Crippen LogP contribution >= 0.6 is 12.6 Å². The lowest BCUT2D eigenvalue weighted by atomic mass is 9.95. The Morgan fingerprint density at radius 2 is 1.67 bits per heavy atom. The molecule has 1 rings (SSSR count). The topological polar surface area (TPSA) is 87.7 Å². The van der Waals surface area contributed by atoms with Crippen molar-refractivity contribution in [3.05, 3.63) is 35.4 Å². The summed E-state index contributed by atoms with van der Waals surface area (Å²) in [6.07, 6.45) is -0.0755. The van der Waals surface area contributed by atoms with Crippen LogP contribution in [-0.4, -0.2) is 51.8 Å². The Kier molecular flexibility index (Phi) is 10.3. The van der Waals surface area contributed by atoms with E-state index < -0.39 is 29.3 Å². The zero-order valence-corrected chi connectivity index (χ0v) is 22.4. The Hall–Kier alpha value is -2.22. The molecule has 3 amide bonds. The molecule has 0 radical (unpaired) electrons. The Morgan fingerprint density at radius 1 is 1.09 bits per heavy atom. The van der Waals surface area contributed by atoms with E-state index in [9.17, 15) is 14.4 Å². The number of nitrogens with zero attached hydrogens (tertiary/aromatic N) is 1. The van der Waals surface area contributed by atoms with Crippen molar-refractivity contribution in [2.75, 3.05) is 5.75 Å². The molecule has 33 heavy (non-hydrogen) atoms. The van der Waals surface area contributed by atoms with E-state index >= 15 is 0 Å². The number of carbonyl (C=O) groups is 3. The van der Waals surface area contributed by atoms with Gasteiger partial charge in [0.1, 0.15) is 17.7 Å². The lowest BCUT2D eigenvalue weighted by molar-refractivity contribution is -0.145. The molecule has 7 nitrogen and oxygen atoms in total. The number of hydrogen-bond donors (Lipinski definition) is 3. The number of benzene rings is 1. The summed E-state index contributed by atoms with van der Waals surface area (Å²) in [5.41, 5.74) is 0.444. The van der Waals surface area contributed by atoms with Gasteiger partial charge in [-0.1, -0.05) is 31.2 Å². The van der Waals surface area contributed by atoms with Gasteiger partial charge in [-0.3, -0.25) is 9.59 Å². The first-order chi connectivity index (χ1) is 15.1. The summed E-state index contributed by atoms with van der Waals surface area (Å²) in [4.78, 5) is 41.3. The number of amides is 3. The van der Waals surface area contributed by atoms with E-state index in [0.29, 0.717) is 6.42 Å². The predicted molar refractivity (Wildman–Crippen MR) is 135 cm³/mol. The minimum Gasteiger partial charge on any atom is -0.444 e. The van der Waals surface area contributed by atoms with E-state index in [4.69, 9.17) is 4.74 Å². The first-order valence-corrected chi connectivity index (χ1v) is 12.0. The van der Waals surface area contributed by atoms with Crippen LogP contribution in [0.4, 0.5) is 4.79 Å².